The number of Topliss-reactive ketones (excluding diaryl/α,β-unsaturated/α-hetero) is 1. The molecular weight excluding hydrogens is 299 g/mol. The molecule has 0 aliphatic carbocycles. The normalized spacial score (nSPS) is 14.1. The topological polar surface area (TPSA) is 74.6 Å². The SMILES string of the molecule is C=CC(C(=O)c1ccc(C)cc1)(c1ccccc1)P(=O)(O)O. The van der Waals surface area contributed by atoms with Crippen molar-refractivity contribution in [3.63, 3.8) is 0 Å². The van der Waals surface area contributed by atoms with Crippen LogP contribution < -0.4 is 0 Å². The maximum absolute atomic E-state index is 12.9. The molecule has 0 saturated carbocycles. The van der Waals surface area contributed by atoms with Gasteiger partial charge >= 0.3 is 7.60 Å². The Kier molecular flexibility index (Phi) is 4.47. The van der Waals surface area contributed by atoms with Gasteiger partial charge in [-0.2, -0.15) is 0 Å². The van der Waals surface area contributed by atoms with Gasteiger partial charge in [0.2, 0.25) is 0 Å². The Bertz CT molecular complexity index is 731. The molecule has 1 atom stereocenters. The fourth-order valence-corrected chi connectivity index (χ4v) is 3.50. The van der Waals surface area contributed by atoms with Crippen LogP contribution in [-0.4, -0.2) is 15.6 Å². The van der Waals surface area contributed by atoms with Crippen LogP contribution in [0.3, 0.4) is 0 Å². The first-order chi connectivity index (χ1) is 10.3. The van der Waals surface area contributed by atoms with Crippen LogP contribution in [0.5, 0.6) is 0 Å². The molecule has 0 spiro atoms. The van der Waals surface area contributed by atoms with E-state index >= 15 is 0 Å². The number of allylic oxidation sites excluding steroid dienone is 1. The van der Waals surface area contributed by atoms with Crippen molar-refractivity contribution in [3.8, 4) is 0 Å². The summed E-state index contributed by atoms with van der Waals surface area (Å²) in [5.41, 5.74) is 1.42. The molecule has 0 heterocycles. The first-order valence-corrected chi connectivity index (χ1v) is 8.30. The summed E-state index contributed by atoms with van der Waals surface area (Å²) >= 11 is 0. The zero-order chi connectivity index (χ0) is 16.4. The highest BCUT2D eigenvalue weighted by Gasteiger charge is 2.52. The Labute approximate surface area is 129 Å². The van der Waals surface area contributed by atoms with Gasteiger partial charge in [0.15, 0.2) is 10.9 Å². The van der Waals surface area contributed by atoms with Crippen LogP contribution in [0.25, 0.3) is 0 Å². The van der Waals surface area contributed by atoms with Gasteiger partial charge in [-0.25, -0.2) is 0 Å². The van der Waals surface area contributed by atoms with Crippen LogP contribution in [0.2, 0.25) is 0 Å². The Hall–Kier alpha value is -2.00. The summed E-state index contributed by atoms with van der Waals surface area (Å²) in [4.78, 5) is 32.7. The number of carbonyl (C=O) groups excluding carboxylic acids is 1. The van der Waals surface area contributed by atoms with Crippen LogP contribution in [0.1, 0.15) is 21.5 Å². The maximum atomic E-state index is 12.9. The molecule has 114 valence electrons. The fraction of sp³-hybridized carbons (Fsp3) is 0.118. The summed E-state index contributed by atoms with van der Waals surface area (Å²) < 4.78 is 12.2. The molecule has 2 N–H and O–H groups in total. The second-order valence-corrected chi connectivity index (χ2v) is 6.87. The van der Waals surface area contributed by atoms with Crippen molar-refractivity contribution in [2.45, 2.75) is 12.1 Å². The number of hydrogen-bond acceptors (Lipinski definition) is 2. The highest BCUT2D eigenvalue weighted by Crippen LogP contribution is 2.59. The Morgan fingerprint density at radius 3 is 2.09 bits per heavy atom. The van der Waals surface area contributed by atoms with Crippen molar-refractivity contribution in [2.24, 2.45) is 0 Å². The molecule has 0 aromatic heterocycles. The zero-order valence-corrected chi connectivity index (χ0v) is 13.0. The van der Waals surface area contributed by atoms with E-state index in [0.29, 0.717) is 0 Å². The average Bonchev–Trinajstić information content (AvgIpc) is 2.49. The first-order valence-electron chi connectivity index (χ1n) is 6.69. The summed E-state index contributed by atoms with van der Waals surface area (Å²) in [7, 11) is -4.83. The van der Waals surface area contributed by atoms with E-state index in [1.807, 2.05) is 6.92 Å². The lowest BCUT2D eigenvalue weighted by atomic mass is 9.89. The summed E-state index contributed by atoms with van der Waals surface area (Å²) in [6, 6.07) is 14.6. The van der Waals surface area contributed by atoms with Crippen LogP contribution >= 0.6 is 7.60 Å². The van der Waals surface area contributed by atoms with Crippen molar-refractivity contribution >= 4 is 13.4 Å². The first kappa shape index (κ1) is 16.4. The van der Waals surface area contributed by atoms with Gasteiger partial charge in [-0.1, -0.05) is 66.2 Å². The van der Waals surface area contributed by atoms with Crippen molar-refractivity contribution < 1.29 is 19.1 Å². The molecule has 0 amide bonds. The molecule has 22 heavy (non-hydrogen) atoms. The third-order valence-electron chi connectivity index (χ3n) is 3.63. The van der Waals surface area contributed by atoms with Gasteiger partial charge < -0.3 is 9.79 Å². The smallest absolute Gasteiger partial charge is 0.323 e. The Morgan fingerprint density at radius 1 is 1.09 bits per heavy atom. The van der Waals surface area contributed by atoms with E-state index < -0.39 is 18.5 Å². The highest BCUT2D eigenvalue weighted by atomic mass is 31.2. The standard InChI is InChI=1S/C17H17O4P/c1-3-17(22(19,20)21,15-7-5-4-6-8-15)16(18)14-11-9-13(2)10-12-14/h3-12H,1H2,2H3,(H2,19,20,21). The van der Waals surface area contributed by atoms with Crippen molar-refractivity contribution in [1.29, 1.82) is 0 Å². The molecule has 0 aliphatic rings. The van der Waals surface area contributed by atoms with Crippen LogP contribution in [0.15, 0.2) is 67.3 Å². The number of hydrogen-bond donors (Lipinski definition) is 2. The van der Waals surface area contributed by atoms with E-state index in [4.69, 9.17) is 0 Å². The number of carbonyl (C=O) groups is 1. The van der Waals surface area contributed by atoms with Gasteiger partial charge in [0.25, 0.3) is 0 Å². The lowest BCUT2D eigenvalue weighted by Crippen LogP contribution is -2.33. The van der Waals surface area contributed by atoms with E-state index in [9.17, 15) is 19.1 Å². The van der Waals surface area contributed by atoms with Gasteiger partial charge in [-0.15, -0.1) is 6.58 Å². The second-order valence-electron chi connectivity index (χ2n) is 5.08. The molecule has 0 radical (unpaired) electrons. The van der Waals surface area contributed by atoms with E-state index in [-0.39, 0.29) is 11.1 Å². The average molecular weight is 316 g/mol. The van der Waals surface area contributed by atoms with Gasteiger partial charge in [-0.3, -0.25) is 9.36 Å². The molecule has 2 aromatic carbocycles. The largest absolute Gasteiger partial charge is 0.347 e. The Morgan fingerprint density at radius 2 is 1.64 bits per heavy atom. The molecule has 0 bridgehead atoms. The molecule has 4 nitrogen and oxygen atoms in total. The summed E-state index contributed by atoms with van der Waals surface area (Å²) in [6.07, 6.45) is 1.05. The monoisotopic (exact) mass is 316 g/mol. The minimum Gasteiger partial charge on any atom is -0.323 e. The molecule has 5 heteroatoms. The minimum atomic E-state index is -4.83. The number of benzene rings is 2. The minimum absolute atomic E-state index is 0.226. The highest BCUT2D eigenvalue weighted by molar-refractivity contribution is 7.54. The zero-order valence-electron chi connectivity index (χ0n) is 12.1. The predicted octanol–water partition coefficient (Wildman–Crippen LogP) is 3.44. The third kappa shape index (κ3) is 2.69. The quantitative estimate of drug-likeness (QED) is 0.503. The van der Waals surface area contributed by atoms with Crippen LogP contribution in [-0.2, 0) is 9.72 Å². The van der Waals surface area contributed by atoms with Crippen LogP contribution in [0, 0.1) is 6.92 Å². The number of rotatable bonds is 5. The van der Waals surface area contributed by atoms with Crippen molar-refractivity contribution in [2.75, 3.05) is 0 Å². The molecule has 1 unspecified atom stereocenters. The van der Waals surface area contributed by atoms with E-state index in [1.54, 1.807) is 42.5 Å². The lowest BCUT2D eigenvalue weighted by Gasteiger charge is -2.30. The molecule has 2 rings (SSSR count). The summed E-state index contributed by atoms with van der Waals surface area (Å²) in [5.74, 6) is -0.665. The fourth-order valence-electron chi connectivity index (χ4n) is 2.38. The van der Waals surface area contributed by atoms with E-state index in [1.165, 1.54) is 12.1 Å². The molecule has 0 aliphatic heterocycles. The van der Waals surface area contributed by atoms with Gasteiger partial charge in [0.1, 0.15) is 0 Å². The lowest BCUT2D eigenvalue weighted by molar-refractivity contribution is 0.0945. The number of ketones is 1. The third-order valence-corrected chi connectivity index (χ3v) is 5.19. The molecule has 0 saturated heterocycles. The van der Waals surface area contributed by atoms with Crippen molar-refractivity contribution in [1.82, 2.24) is 0 Å². The van der Waals surface area contributed by atoms with Gasteiger partial charge in [0.05, 0.1) is 0 Å². The molecule has 2 aromatic rings. The second kappa shape index (κ2) is 6.01. The van der Waals surface area contributed by atoms with Gasteiger partial charge in [-0.05, 0) is 12.5 Å². The predicted molar refractivity (Wildman–Crippen MR) is 85.9 cm³/mol. The summed E-state index contributed by atoms with van der Waals surface area (Å²) in [6.45, 7) is 5.40. The molecule has 0 fully saturated rings. The molecular formula is C17H17O4P. The summed E-state index contributed by atoms with van der Waals surface area (Å²) in [5, 5.41) is -2.08. The Balaban J connectivity index is 2.69. The number of aryl methyl sites for hydroxylation is 1. The van der Waals surface area contributed by atoms with Crippen LogP contribution in [0.4, 0.5) is 0 Å². The maximum Gasteiger partial charge on any atom is 0.347 e. The van der Waals surface area contributed by atoms with Gasteiger partial charge in [0, 0.05) is 5.56 Å². The van der Waals surface area contributed by atoms with E-state index in [0.717, 1.165) is 11.6 Å². The van der Waals surface area contributed by atoms with Crippen molar-refractivity contribution in [3.05, 3.63) is 83.9 Å². The van der Waals surface area contributed by atoms with E-state index in [2.05, 4.69) is 6.58 Å².